The zero-order chi connectivity index (χ0) is 21.3. The number of amides is 2. The lowest BCUT2D eigenvalue weighted by Crippen LogP contribution is -2.46. The SMILES string of the molecule is C[C@@H](NC(=O)c1ccco1)C(=O)N1CCC[C@@H]1c1nc(-c2ccc(F)cc2F)no1. The van der Waals surface area contributed by atoms with Gasteiger partial charge in [0.2, 0.25) is 17.6 Å². The van der Waals surface area contributed by atoms with Crippen LogP contribution in [-0.2, 0) is 4.79 Å². The van der Waals surface area contributed by atoms with Crippen LogP contribution >= 0.6 is 0 Å². The number of benzene rings is 1. The second-order valence-electron chi connectivity index (χ2n) is 6.94. The van der Waals surface area contributed by atoms with Crippen LogP contribution in [0.25, 0.3) is 11.4 Å². The van der Waals surface area contributed by atoms with Gasteiger partial charge in [-0.05, 0) is 44.0 Å². The van der Waals surface area contributed by atoms with Gasteiger partial charge in [0, 0.05) is 12.6 Å². The summed E-state index contributed by atoms with van der Waals surface area (Å²) >= 11 is 0. The van der Waals surface area contributed by atoms with Crippen molar-refractivity contribution in [1.82, 2.24) is 20.4 Å². The molecule has 0 bridgehead atoms. The van der Waals surface area contributed by atoms with Crippen LogP contribution < -0.4 is 5.32 Å². The molecule has 156 valence electrons. The molecular weight excluding hydrogens is 398 g/mol. The number of hydrogen-bond acceptors (Lipinski definition) is 6. The second kappa shape index (κ2) is 8.05. The summed E-state index contributed by atoms with van der Waals surface area (Å²) in [6, 6.07) is 4.84. The molecule has 0 unspecified atom stereocenters. The molecule has 1 aliphatic rings. The number of hydrogen-bond donors (Lipinski definition) is 1. The highest BCUT2D eigenvalue weighted by atomic mass is 19.1. The van der Waals surface area contributed by atoms with Crippen LogP contribution in [0.5, 0.6) is 0 Å². The minimum absolute atomic E-state index is 0.00125. The van der Waals surface area contributed by atoms with Crippen molar-refractivity contribution in [3.63, 3.8) is 0 Å². The molecule has 0 saturated carbocycles. The molecule has 1 fully saturated rings. The average molecular weight is 416 g/mol. The molecule has 3 heterocycles. The summed E-state index contributed by atoms with van der Waals surface area (Å²) in [5.74, 6) is -2.09. The van der Waals surface area contributed by atoms with Gasteiger partial charge >= 0.3 is 0 Å². The number of halogens is 2. The van der Waals surface area contributed by atoms with Crippen LogP contribution in [0.3, 0.4) is 0 Å². The number of furan rings is 1. The van der Waals surface area contributed by atoms with Gasteiger partial charge in [0.05, 0.1) is 11.8 Å². The first-order valence-electron chi connectivity index (χ1n) is 9.38. The zero-order valence-corrected chi connectivity index (χ0v) is 16.0. The van der Waals surface area contributed by atoms with E-state index in [1.807, 2.05) is 0 Å². The van der Waals surface area contributed by atoms with Gasteiger partial charge in [-0.25, -0.2) is 8.78 Å². The Labute approximate surface area is 169 Å². The van der Waals surface area contributed by atoms with Crippen molar-refractivity contribution < 1.29 is 27.3 Å². The maximum atomic E-state index is 14.0. The topological polar surface area (TPSA) is 101 Å². The van der Waals surface area contributed by atoms with Gasteiger partial charge in [-0.15, -0.1) is 0 Å². The fourth-order valence-corrected chi connectivity index (χ4v) is 3.42. The van der Waals surface area contributed by atoms with Crippen LogP contribution in [0, 0.1) is 11.6 Å². The summed E-state index contributed by atoms with van der Waals surface area (Å²) in [4.78, 5) is 30.8. The van der Waals surface area contributed by atoms with Crippen molar-refractivity contribution in [1.29, 1.82) is 0 Å². The molecule has 2 atom stereocenters. The van der Waals surface area contributed by atoms with E-state index in [0.717, 1.165) is 12.1 Å². The Hall–Kier alpha value is -3.56. The Morgan fingerprint density at radius 3 is 2.87 bits per heavy atom. The fraction of sp³-hybridized carbons (Fsp3) is 0.300. The third-order valence-corrected chi connectivity index (χ3v) is 4.90. The van der Waals surface area contributed by atoms with E-state index in [4.69, 9.17) is 8.94 Å². The highest BCUT2D eigenvalue weighted by molar-refractivity contribution is 5.95. The number of aromatic nitrogens is 2. The van der Waals surface area contributed by atoms with Gasteiger partial charge in [-0.2, -0.15) is 4.98 Å². The lowest BCUT2D eigenvalue weighted by molar-refractivity contribution is -0.134. The first-order chi connectivity index (χ1) is 14.4. The Morgan fingerprint density at radius 2 is 2.13 bits per heavy atom. The molecule has 30 heavy (non-hydrogen) atoms. The van der Waals surface area contributed by atoms with Gasteiger partial charge in [0.1, 0.15) is 23.7 Å². The molecule has 10 heteroatoms. The van der Waals surface area contributed by atoms with E-state index in [1.165, 1.54) is 18.4 Å². The fourth-order valence-electron chi connectivity index (χ4n) is 3.42. The Morgan fingerprint density at radius 1 is 1.30 bits per heavy atom. The smallest absolute Gasteiger partial charge is 0.287 e. The van der Waals surface area contributed by atoms with Crippen LogP contribution in [-0.4, -0.2) is 39.4 Å². The van der Waals surface area contributed by atoms with Crippen molar-refractivity contribution >= 4 is 11.8 Å². The summed E-state index contributed by atoms with van der Waals surface area (Å²) in [7, 11) is 0. The Bertz CT molecular complexity index is 1070. The lowest BCUT2D eigenvalue weighted by atomic mass is 10.2. The predicted octanol–water partition coefficient (Wildman–Crippen LogP) is 3.09. The van der Waals surface area contributed by atoms with Crippen LogP contribution in [0.4, 0.5) is 8.78 Å². The summed E-state index contributed by atoms with van der Waals surface area (Å²) in [6.45, 7) is 2.03. The first-order valence-corrected chi connectivity index (χ1v) is 9.38. The van der Waals surface area contributed by atoms with Gasteiger partial charge < -0.3 is 19.2 Å². The van der Waals surface area contributed by atoms with Crippen molar-refractivity contribution in [2.45, 2.75) is 31.8 Å². The van der Waals surface area contributed by atoms with Crippen LogP contribution in [0.1, 0.15) is 42.3 Å². The maximum absolute atomic E-state index is 14.0. The normalized spacial score (nSPS) is 17.2. The van der Waals surface area contributed by atoms with E-state index < -0.39 is 29.6 Å². The van der Waals surface area contributed by atoms with E-state index in [2.05, 4.69) is 15.5 Å². The molecule has 1 aliphatic heterocycles. The van der Waals surface area contributed by atoms with E-state index in [9.17, 15) is 18.4 Å². The minimum atomic E-state index is -0.809. The van der Waals surface area contributed by atoms with Crippen molar-refractivity contribution in [3.8, 4) is 11.4 Å². The summed E-state index contributed by atoms with van der Waals surface area (Å²) in [5, 5.41) is 6.37. The number of likely N-dealkylation sites (tertiary alicyclic amines) is 1. The molecule has 1 N–H and O–H groups in total. The maximum Gasteiger partial charge on any atom is 0.287 e. The highest BCUT2D eigenvalue weighted by Crippen LogP contribution is 2.33. The van der Waals surface area contributed by atoms with Crippen LogP contribution in [0.2, 0.25) is 0 Å². The van der Waals surface area contributed by atoms with E-state index in [-0.39, 0.29) is 28.9 Å². The van der Waals surface area contributed by atoms with Crippen molar-refractivity contribution in [3.05, 3.63) is 59.9 Å². The molecule has 0 spiro atoms. The molecule has 4 rings (SSSR count). The molecule has 8 nitrogen and oxygen atoms in total. The molecule has 1 aromatic carbocycles. The number of rotatable bonds is 5. The summed E-state index contributed by atoms with van der Waals surface area (Å²) < 4.78 is 37.4. The number of nitrogens with one attached hydrogen (secondary N) is 1. The van der Waals surface area contributed by atoms with E-state index in [1.54, 1.807) is 17.9 Å². The monoisotopic (exact) mass is 416 g/mol. The highest BCUT2D eigenvalue weighted by Gasteiger charge is 2.36. The molecule has 0 aliphatic carbocycles. The van der Waals surface area contributed by atoms with E-state index >= 15 is 0 Å². The third kappa shape index (κ3) is 3.80. The Balaban J connectivity index is 1.49. The van der Waals surface area contributed by atoms with E-state index in [0.29, 0.717) is 19.4 Å². The number of nitrogens with zero attached hydrogens (tertiary/aromatic N) is 3. The van der Waals surface area contributed by atoms with Crippen LogP contribution in [0.15, 0.2) is 45.5 Å². The van der Waals surface area contributed by atoms with Crippen molar-refractivity contribution in [2.75, 3.05) is 6.54 Å². The third-order valence-electron chi connectivity index (χ3n) is 4.90. The molecular formula is C20H18F2N4O4. The summed E-state index contributed by atoms with van der Waals surface area (Å²) in [5.41, 5.74) is 0.00125. The number of carbonyl (C=O) groups is 2. The predicted molar refractivity (Wildman–Crippen MR) is 99.0 cm³/mol. The lowest BCUT2D eigenvalue weighted by Gasteiger charge is -2.25. The largest absolute Gasteiger partial charge is 0.459 e. The second-order valence-corrected chi connectivity index (χ2v) is 6.94. The molecule has 0 radical (unpaired) electrons. The molecule has 2 aromatic heterocycles. The first kappa shape index (κ1) is 19.7. The summed E-state index contributed by atoms with van der Waals surface area (Å²) in [6.07, 6.45) is 2.66. The van der Waals surface area contributed by atoms with Gasteiger partial charge in [-0.1, -0.05) is 5.16 Å². The van der Waals surface area contributed by atoms with Gasteiger partial charge in [0.15, 0.2) is 5.76 Å². The van der Waals surface area contributed by atoms with Gasteiger partial charge in [-0.3, -0.25) is 9.59 Å². The zero-order valence-electron chi connectivity index (χ0n) is 16.0. The van der Waals surface area contributed by atoms with Crippen molar-refractivity contribution in [2.24, 2.45) is 0 Å². The minimum Gasteiger partial charge on any atom is -0.459 e. The standard InChI is InChI=1S/C20H18F2N4O4/c1-11(23-18(27)16-5-3-9-29-16)20(28)26-8-2-4-15(26)19-24-17(25-30-19)13-7-6-12(21)10-14(13)22/h3,5-7,9-11,15H,2,4,8H2,1H3,(H,23,27)/t11-,15-/m1/s1. The quantitative estimate of drug-likeness (QED) is 0.686. The molecule has 3 aromatic rings. The van der Waals surface area contributed by atoms with Gasteiger partial charge in [0.25, 0.3) is 5.91 Å². The molecule has 2 amide bonds. The Kier molecular flexibility index (Phi) is 5.30. The molecule has 1 saturated heterocycles. The number of carbonyl (C=O) groups excluding carboxylic acids is 2. The average Bonchev–Trinajstić information content (AvgIpc) is 3.47.